The second-order valence-electron chi connectivity index (χ2n) is 5.29. The van der Waals surface area contributed by atoms with Gasteiger partial charge in [0.1, 0.15) is 11.6 Å². The monoisotopic (exact) mass is 269 g/mol. The summed E-state index contributed by atoms with van der Waals surface area (Å²) in [7, 11) is 1.69. The molecule has 0 spiro atoms. The second kappa shape index (κ2) is 5.21. The summed E-state index contributed by atoms with van der Waals surface area (Å²) in [6.45, 7) is 6.03. The van der Waals surface area contributed by atoms with Gasteiger partial charge in [-0.1, -0.05) is 0 Å². The summed E-state index contributed by atoms with van der Waals surface area (Å²) in [4.78, 5) is 9.29. The Labute approximate surface area is 119 Å². The molecule has 1 saturated heterocycles. The van der Waals surface area contributed by atoms with Gasteiger partial charge in [-0.3, -0.25) is 0 Å². The van der Waals surface area contributed by atoms with Gasteiger partial charge < -0.3 is 10.1 Å². The highest BCUT2D eigenvalue weighted by atomic mass is 16.5. The van der Waals surface area contributed by atoms with Crippen LogP contribution in [0, 0.1) is 13.8 Å². The van der Waals surface area contributed by atoms with Crippen molar-refractivity contribution in [2.75, 3.05) is 20.2 Å². The summed E-state index contributed by atoms with van der Waals surface area (Å²) < 4.78 is 5.31. The Balaban J connectivity index is 2.00. The highest BCUT2D eigenvalue weighted by molar-refractivity contribution is 5.62. The Hall–Kier alpha value is -1.94. The second-order valence-corrected chi connectivity index (χ2v) is 5.29. The Kier molecular flexibility index (Phi) is 3.40. The lowest BCUT2D eigenvalue weighted by molar-refractivity contribution is 0.412. The van der Waals surface area contributed by atoms with Crippen molar-refractivity contribution in [1.29, 1.82) is 0 Å². The minimum absolute atomic E-state index is 0.452. The van der Waals surface area contributed by atoms with Crippen LogP contribution in [-0.2, 0) is 0 Å². The Morgan fingerprint density at radius 1 is 1.15 bits per heavy atom. The third-order valence-corrected chi connectivity index (χ3v) is 3.71. The van der Waals surface area contributed by atoms with Crippen molar-refractivity contribution >= 4 is 0 Å². The van der Waals surface area contributed by atoms with Crippen LogP contribution < -0.4 is 10.1 Å². The van der Waals surface area contributed by atoms with Gasteiger partial charge in [-0.2, -0.15) is 0 Å². The first-order valence-corrected chi connectivity index (χ1v) is 6.88. The first-order chi connectivity index (χ1) is 9.67. The normalized spacial score (nSPS) is 14.9. The molecule has 0 bridgehead atoms. The van der Waals surface area contributed by atoms with Gasteiger partial charge in [0, 0.05) is 30.3 Å². The summed E-state index contributed by atoms with van der Waals surface area (Å²) in [5.41, 5.74) is 4.24. The Bertz CT molecular complexity index is 636. The maximum absolute atomic E-state index is 5.31. The molecule has 2 heterocycles. The smallest absolute Gasteiger partial charge is 0.134 e. The van der Waals surface area contributed by atoms with Crippen molar-refractivity contribution in [1.82, 2.24) is 15.3 Å². The first kappa shape index (κ1) is 13.1. The standard InChI is InChI=1S/C16H19N3O/c1-10-6-12(4-5-15(10)20-3)14-7-11(2)18-16(19-14)13-8-17-9-13/h4-7,13,17H,8-9H2,1-3H3. The van der Waals surface area contributed by atoms with Crippen LogP contribution in [0.5, 0.6) is 5.75 Å². The lowest BCUT2D eigenvalue weighted by Gasteiger charge is -2.26. The predicted octanol–water partition coefficient (Wildman–Crippen LogP) is 2.46. The Morgan fingerprint density at radius 2 is 1.95 bits per heavy atom. The molecule has 0 radical (unpaired) electrons. The van der Waals surface area contributed by atoms with E-state index in [1.54, 1.807) is 7.11 Å². The topological polar surface area (TPSA) is 47.0 Å². The van der Waals surface area contributed by atoms with Crippen LogP contribution in [-0.4, -0.2) is 30.2 Å². The molecule has 1 aliphatic heterocycles. The summed E-state index contributed by atoms with van der Waals surface area (Å²) in [5.74, 6) is 2.31. The molecule has 1 fully saturated rings. The van der Waals surface area contributed by atoms with Crippen molar-refractivity contribution < 1.29 is 4.74 Å². The number of ether oxygens (including phenoxy) is 1. The molecular weight excluding hydrogens is 250 g/mol. The average molecular weight is 269 g/mol. The van der Waals surface area contributed by atoms with E-state index in [0.717, 1.165) is 47.2 Å². The number of rotatable bonds is 3. The van der Waals surface area contributed by atoms with Gasteiger partial charge in [0.05, 0.1) is 12.8 Å². The maximum atomic E-state index is 5.31. The van der Waals surface area contributed by atoms with E-state index in [1.165, 1.54) is 0 Å². The van der Waals surface area contributed by atoms with Gasteiger partial charge in [0.25, 0.3) is 0 Å². The molecule has 104 valence electrons. The van der Waals surface area contributed by atoms with Crippen molar-refractivity contribution in [2.24, 2.45) is 0 Å². The third kappa shape index (κ3) is 2.39. The molecule has 4 nitrogen and oxygen atoms in total. The summed E-state index contributed by atoms with van der Waals surface area (Å²) in [6, 6.07) is 8.20. The highest BCUT2D eigenvalue weighted by Gasteiger charge is 2.22. The minimum atomic E-state index is 0.452. The van der Waals surface area contributed by atoms with Gasteiger partial charge in [0.2, 0.25) is 0 Å². The fourth-order valence-electron chi connectivity index (χ4n) is 2.43. The molecule has 1 N–H and O–H groups in total. The number of nitrogens with zero attached hydrogens (tertiary/aromatic N) is 2. The van der Waals surface area contributed by atoms with Gasteiger partial charge in [0.15, 0.2) is 0 Å². The van der Waals surface area contributed by atoms with E-state index >= 15 is 0 Å². The molecular formula is C16H19N3O. The van der Waals surface area contributed by atoms with E-state index < -0.39 is 0 Å². The van der Waals surface area contributed by atoms with Crippen LogP contribution >= 0.6 is 0 Å². The van der Waals surface area contributed by atoms with Gasteiger partial charge >= 0.3 is 0 Å². The molecule has 1 aliphatic rings. The van der Waals surface area contributed by atoms with E-state index in [-0.39, 0.29) is 0 Å². The SMILES string of the molecule is COc1ccc(-c2cc(C)nc(C3CNC3)n2)cc1C. The molecule has 0 unspecified atom stereocenters. The molecule has 3 rings (SSSR count). The summed E-state index contributed by atoms with van der Waals surface area (Å²) >= 11 is 0. The fourth-order valence-corrected chi connectivity index (χ4v) is 2.43. The van der Waals surface area contributed by atoms with E-state index in [1.807, 2.05) is 26.0 Å². The van der Waals surface area contributed by atoms with E-state index in [2.05, 4.69) is 22.4 Å². The van der Waals surface area contributed by atoms with Crippen LogP contribution in [0.15, 0.2) is 24.3 Å². The molecule has 1 aromatic heterocycles. The highest BCUT2D eigenvalue weighted by Crippen LogP contribution is 2.26. The molecule has 2 aromatic rings. The number of nitrogens with one attached hydrogen (secondary N) is 1. The fraction of sp³-hybridized carbons (Fsp3) is 0.375. The van der Waals surface area contributed by atoms with Gasteiger partial charge in [-0.05, 0) is 43.7 Å². The number of benzene rings is 1. The quantitative estimate of drug-likeness (QED) is 0.929. The molecule has 0 aliphatic carbocycles. The van der Waals surface area contributed by atoms with Gasteiger partial charge in [-0.15, -0.1) is 0 Å². The van der Waals surface area contributed by atoms with Crippen LogP contribution in [0.1, 0.15) is 23.0 Å². The zero-order chi connectivity index (χ0) is 14.1. The maximum Gasteiger partial charge on any atom is 0.134 e. The van der Waals surface area contributed by atoms with Crippen LogP contribution in [0.3, 0.4) is 0 Å². The van der Waals surface area contributed by atoms with Crippen molar-refractivity contribution in [3.63, 3.8) is 0 Å². The largest absolute Gasteiger partial charge is 0.496 e. The lowest BCUT2D eigenvalue weighted by atomic mass is 10.0. The van der Waals surface area contributed by atoms with Crippen LogP contribution in [0.4, 0.5) is 0 Å². The van der Waals surface area contributed by atoms with Crippen molar-refractivity contribution in [3.05, 3.63) is 41.3 Å². The minimum Gasteiger partial charge on any atom is -0.496 e. The molecule has 1 aromatic carbocycles. The van der Waals surface area contributed by atoms with Crippen LogP contribution in [0.25, 0.3) is 11.3 Å². The number of hydrogen-bond donors (Lipinski definition) is 1. The van der Waals surface area contributed by atoms with Crippen molar-refractivity contribution in [3.8, 4) is 17.0 Å². The average Bonchev–Trinajstić information content (AvgIpc) is 2.36. The number of aromatic nitrogens is 2. The van der Waals surface area contributed by atoms with Crippen molar-refractivity contribution in [2.45, 2.75) is 19.8 Å². The summed E-state index contributed by atoms with van der Waals surface area (Å²) in [5, 5.41) is 3.27. The molecule has 20 heavy (non-hydrogen) atoms. The summed E-state index contributed by atoms with van der Waals surface area (Å²) in [6.07, 6.45) is 0. The molecule has 0 saturated carbocycles. The molecule has 0 atom stereocenters. The Morgan fingerprint density at radius 3 is 2.55 bits per heavy atom. The number of hydrogen-bond acceptors (Lipinski definition) is 4. The third-order valence-electron chi connectivity index (χ3n) is 3.71. The zero-order valence-electron chi connectivity index (χ0n) is 12.1. The van der Waals surface area contributed by atoms with E-state index in [9.17, 15) is 0 Å². The predicted molar refractivity (Wildman–Crippen MR) is 79.1 cm³/mol. The van der Waals surface area contributed by atoms with Gasteiger partial charge in [-0.25, -0.2) is 9.97 Å². The zero-order valence-corrected chi connectivity index (χ0v) is 12.1. The number of methoxy groups -OCH3 is 1. The lowest BCUT2D eigenvalue weighted by Crippen LogP contribution is -2.41. The van der Waals surface area contributed by atoms with E-state index in [4.69, 9.17) is 9.72 Å². The van der Waals surface area contributed by atoms with Crippen LogP contribution in [0.2, 0.25) is 0 Å². The first-order valence-electron chi connectivity index (χ1n) is 6.88. The molecule has 0 amide bonds. The number of aryl methyl sites for hydroxylation is 2. The molecule has 4 heteroatoms. The van der Waals surface area contributed by atoms with E-state index in [0.29, 0.717) is 5.92 Å².